The summed E-state index contributed by atoms with van der Waals surface area (Å²) in [5.41, 5.74) is 0.894. The number of carbonyl (C=O) groups is 1. The van der Waals surface area contributed by atoms with E-state index >= 15 is 0 Å². The molecule has 5 heteroatoms. The second kappa shape index (κ2) is 7.95. The van der Waals surface area contributed by atoms with Crippen LogP contribution in [0.2, 0.25) is 0 Å². The normalized spacial score (nSPS) is 19.1. The Bertz CT molecular complexity index is 446. The lowest BCUT2D eigenvalue weighted by atomic mass is 9.99. The Kier molecular flexibility index (Phi) is 6.25. The molecular weight excluding hydrogens is 365 g/mol. The van der Waals surface area contributed by atoms with E-state index in [4.69, 9.17) is 0 Å². The molecule has 0 saturated carbocycles. The van der Waals surface area contributed by atoms with Gasteiger partial charge in [-0.2, -0.15) is 0 Å². The van der Waals surface area contributed by atoms with Gasteiger partial charge in [0.1, 0.15) is 0 Å². The molecule has 2 N–H and O–H groups in total. The molecule has 20 heavy (non-hydrogen) atoms. The van der Waals surface area contributed by atoms with Crippen LogP contribution in [0.1, 0.15) is 12.8 Å². The molecule has 0 bridgehead atoms. The quantitative estimate of drug-likeness (QED) is 0.762. The molecule has 0 radical (unpaired) electrons. The highest BCUT2D eigenvalue weighted by Gasteiger charge is 2.16. The van der Waals surface area contributed by atoms with Crippen LogP contribution in [0, 0.1) is 9.49 Å². The third kappa shape index (κ3) is 5.03. The highest BCUT2D eigenvalue weighted by Crippen LogP contribution is 2.17. The van der Waals surface area contributed by atoms with E-state index in [1.807, 2.05) is 31.3 Å². The first kappa shape index (κ1) is 15.7. The maximum Gasteiger partial charge on any atom is 0.238 e. The molecule has 0 aliphatic carbocycles. The SMILES string of the molecule is CN(CC(=O)Nc1ccccc1I)CC1CCCNC1. The van der Waals surface area contributed by atoms with E-state index in [-0.39, 0.29) is 5.91 Å². The van der Waals surface area contributed by atoms with Crippen LogP contribution < -0.4 is 10.6 Å². The van der Waals surface area contributed by atoms with Crippen LogP contribution in [0.15, 0.2) is 24.3 Å². The summed E-state index contributed by atoms with van der Waals surface area (Å²) < 4.78 is 1.07. The minimum Gasteiger partial charge on any atom is -0.324 e. The van der Waals surface area contributed by atoms with Crippen molar-refractivity contribution in [2.45, 2.75) is 12.8 Å². The third-order valence-electron chi connectivity index (χ3n) is 3.53. The van der Waals surface area contributed by atoms with Gasteiger partial charge in [0.2, 0.25) is 5.91 Å². The Morgan fingerprint density at radius 1 is 1.50 bits per heavy atom. The summed E-state index contributed by atoms with van der Waals surface area (Å²) in [6.07, 6.45) is 2.50. The summed E-state index contributed by atoms with van der Waals surface area (Å²) >= 11 is 2.24. The molecule has 1 aromatic rings. The van der Waals surface area contributed by atoms with E-state index in [2.05, 4.69) is 38.1 Å². The monoisotopic (exact) mass is 387 g/mol. The summed E-state index contributed by atoms with van der Waals surface area (Å²) in [6, 6.07) is 7.84. The number of halogens is 1. The first-order valence-corrected chi connectivity index (χ1v) is 8.16. The predicted octanol–water partition coefficient (Wildman–Crippen LogP) is 2.16. The number of nitrogens with one attached hydrogen (secondary N) is 2. The number of nitrogens with zero attached hydrogens (tertiary/aromatic N) is 1. The number of likely N-dealkylation sites (N-methyl/N-ethyl adjacent to an activating group) is 1. The Morgan fingerprint density at radius 2 is 2.30 bits per heavy atom. The Balaban J connectivity index is 1.77. The van der Waals surface area contributed by atoms with E-state index in [9.17, 15) is 4.79 Å². The highest BCUT2D eigenvalue weighted by atomic mass is 127. The van der Waals surface area contributed by atoms with E-state index in [1.54, 1.807) is 0 Å². The molecule has 1 heterocycles. The summed E-state index contributed by atoms with van der Waals surface area (Å²) in [5.74, 6) is 0.721. The lowest BCUT2D eigenvalue weighted by molar-refractivity contribution is -0.117. The van der Waals surface area contributed by atoms with Crippen LogP contribution >= 0.6 is 22.6 Å². The van der Waals surface area contributed by atoms with Crippen molar-refractivity contribution in [2.75, 3.05) is 38.5 Å². The van der Waals surface area contributed by atoms with Gasteiger partial charge < -0.3 is 10.6 Å². The number of hydrogen-bond donors (Lipinski definition) is 2. The van der Waals surface area contributed by atoms with Crippen molar-refractivity contribution in [1.82, 2.24) is 10.2 Å². The molecule has 110 valence electrons. The van der Waals surface area contributed by atoms with Crippen LogP contribution in [-0.2, 0) is 4.79 Å². The molecule has 1 aromatic carbocycles. The number of anilines is 1. The van der Waals surface area contributed by atoms with Crippen molar-refractivity contribution >= 4 is 34.2 Å². The number of benzene rings is 1. The van der Waals surface area contributed by atoms with E-state index in [0.717, 1.165) is 28.9 Å². The van der Waals surface area contributed by atoms with Gasteiger partial charge in [0.15, 0.2) is 0 Å². The number of carbonyl (C=O) groups excluding carboxylic acids is 1. The molecule has 4 nitrogen and oxygen atoms in total. The first-order chi connectivity index (χ1) is 9.65. The lowest BCUT2D eigenvalue weighted by Gasteiger charge is -2.27. The van der Waals surface area contributed by atoms with Crippen LogP contribution in [0.25, 0.3) is 0 Å². The maximum absolute atomic E-state index is 12.0. The summed E-state index contributed by atoms with van der Waals surface area (Å²) in [4.78, 5) is 14.2. The molecule has 1 aliphatic heterocycles. The van der Waals surface area contributed by atoms with Crippen LogP contribution in [-0.4, -0.2) is 44.0 Å². The van der Waals surface area contributed by atoms with Crippen molar-refractivity contribution in [3.05, 3.63) is 27.8 Å². The molecule has 1 atom stereocenters. The largest absolute Gasteiger partial charge is 0.324 e. The molecule has 1 unspecified atom stereocenters. The van der Waals surface area contributed by atoms with Gasteiger partial charge in [0.25, 0.3) is 0 Å². The van der Waals surface area contributed by atoms with Crippen LogP contribution in [0.3, 0.4) is 0 Å². The average Bonchev–Trinajstić information content (AvgIpc) is 2.42. The number of rotatable bonds is 5. The number of hydrogen-bond acceptors (Lipinski definition) is 3. The number of piperidine rings is 1. The van der Waals surface area contributed by atoms with E-state index in [1.165, 1.54) is 12.8 Å². The molecule has 1 aliphatic rings. The molecule has 0 spiro atoms. The van der Waals surface area contributed by atoms with Gasteiger partial charge in [-0.1, -0.05) is 12.1 Å². The minimum absolute atomic E-state index is 0.0559. The zero-order valence-corrected chi connectivity index (χ0v) is 14.0. The Morgan fingerprint density at radius 3 is 3.00 bits per heavy atom. The zero-order valence-electron chi connectivity index (χ0n) is 11.9. The maximum atomic E-state index is 12.0. The molecule has 1 fully saturated rings. The predicted molar refractivity (Wildman–Crippen MR) is 90.9 cm³/mol. The van der Waals surface area contributed by atoms with Crippen LogP contribution in [0.5, 0.6) is 0 Å². The highest BCUT2D eigenvalue weighted by molar-refractivity contribution is 14.1. The van der Waals surface area contributed by atoms with Crippen molar-refractivity contribution in [2.24, 2.45) is 5.92 Å². The van der Waals surface area contributed by atoms with Gasteiger partial charge in [-0.05, 0) is 73.6 Å². The minimum atomic E-state index is 0.0559. The zero-order chi connectivity index (χ0) is 14.4. The van der Waals surface area contributed by atoms with Gasteiger partial charge >= 0.3 is 0 Å². The fourth-order valence-corrected chi connectivity index (χ4v) is 3.10. The topological polar surface area (TPSA) is 44.4 Å². The van der Waals surface area contributed by atoms with Crippen molar-refractivity contribution in [1.29, 1.82) is 0 Å². The van der Waals surface area contributed by atoms with E-state index in [0.29, 0.717) is 12.5 Å². The summed E-state index contributed by atoms with van der Waals surface area (Å²) in [7, 11) is 2.02. The fourth-order valence-electron chi connectivity index (χ4n) is 2.58. The molecule has 2 rings (SSSR count). The average molecular weight is 387 g/mol. The van der Waals surface area contributed by atoms with Gasteiger partial charge in [-0.3, -0.25) is 9.69 Å². The van der Waals surface area contributed by atoms with Crippen molar-refractivity contribution in [3.8, 4) is 0 Å². The first-order valence-electron chi connectivity index (χ1n) is 7.09. The van der Waals surface area contributed by atoms with Crippen molar-refractivity contribution < 1.29 is 4.79 Å². The summed E-state index contributed by atoms with van der Waals surface area (Å²) in [5, 5.41) is 6.39. The van der Waals surface area contributed by atoms with Gasteiger partial charge in [-0.15, -0.1) is 0 Å². The molecule has 1 saturated heterocycles. The molecule has 0 aromatic heterocycles. The fraction of sp³-hybridized carbons (Fsp3) is 0.533. The lowest BCUT2D eigenvalue weighted by Crippen LogP contribution is -2.39. The number of amides is 1. The Hall–Kier alpha value is -0.660. The van der Waals surface area contributed by atoms with Crippen LogP contribution in [0.4, 0.5) is 5.69 Å². The molecule has 1 amide bonds. The smallest absolute Gasteiger partial charge is 0.238 e. The Labute approximate surface area is 134 Å². The second-order valence-corrected chi connectivity index (χ2v) is 6.60. The summed E-state index contributed by atoms with van der Waals surface area (Å²) in [6.45, 7) is 3.63. The van der Waals surface area contributed by atoms with E-state index < -0.39 is 0 Å². The second-order valence-electron chi connectivity index (χ2n) is 5.44. The van der Waals surface area contributed by atoms with Gasteiger partial charge in [0.05, 0.1) is 12.2 Å². The standard InChI is InChI=1S/C15H22IN3O/c1-19(10-12-5-4-8-17-9-12)11-15(20)18-14-7-3-2-6-13(14)16/h2-3,6-7,12,17H,4-5,8-11H2,1H3,(H,18,20). The molecular formula is C15H22IN3O. The number of para-hydroxylation sites is 1. The van der Waals surface area contributed by atoms with Gasteiger partial charge in [0, 0.05) is 10.1 Å². The van der Waals surface area contributed by atoms with Gasteiger partial charge in [-0.25, -0.2) is 0 Å². The van der Waals surface area contributed by atoms with Crippen molar-refractivity contribution in [3.63, 3.8) is 0 Å². The third-order valence-corrected chi connectivity index (χ3v) is 4.47.